The lowest BCUT2D eigenvalue weighted by molar-refractivity contribution is 0.0606. The largest absolute Gasteiger partial charge is 0.465 e. The molecule has 90 valence electrons. The van der Waals surface area contributed by atoms with Gasteiger partial charge in [-0.25, -0.2) is 4.79 Å². The second-order valence-corrected chi connectivity index (χ2v) is 5.16. The van der Waals surface area contributed by atoms with E-state index < -0.39 is 0 Å². The maximum Gasteiger partial charge on any atom is 0.348 e. The number of rotatable bonds is 3. The average molecular weight is 271 g/mol. The van der Waals surface area contributed by atoms with E-state index in [1.165, 1.54) is 18.4 Å². The number of hydrogen-bond acceptors (Lipinski definition) is 4. The average Bonchev–Trinajstić information content (AvgIpc) is 2.86. The predicted molar refractivity (Wildman–Crippen MR) is 66.7 cm³/mol. The zero-order valence-electron chi connectivity index (χ0n) is 9.44. The minimum Gasteiger partial charge on any atom is -0.465 e. The molecule has 17 heavy (non-hydrogen) atoms. The van der Waals surface area contributed by atoms with Crippen LogP contribution in [0.15, 0.2) is 18.3 Å². The lowest BCUT2D eigenvalue weighted by Crippen LogP contribution is -2.00. The second kappa shape index (κ2) is 4.89. The first-order valence-electron chi connectivity index (χ1n) is 4.96. The van der Waals surface area contributed by atoms with Gasteiger partial charge in [0, 0.05) is 11.1 Å². The molecule has 0 spiro atoms. The number of aryl methyl sites for hydroxylation is 1. The summed E-state index contributed by atoms with van der Waals surface area (Å²) in [5, 5.41) is 4.56. The van der Waals surface area contributed by atoms with Crippen molar-refractivity contribution in [2.24, 2.45) is 0 Å². The normalized spacial score (nSPS) is 10.5. The minimum absolute atomic E-state index is 0.303. The van der Waals surface area contributed by atoms with Crippen LogP contribution < -0.4 is 0 Å². The van der Waals surface area contributed by atoms with E-state index in [1.54, 1.807) is 16.9 Å². The van der Waals surface area contributed by atoms with E-state index in [2.05, 4.69) is 9.84 Å². The molecule has 0 unspecified atom stereocenters. The van der Waals surface area contributed by atoms with Gasteiger partial charge in [-0.05, 0) is 24.6 Å². The molecule has 0 fully saturated rings. The van der Waals surface area contributed by atoms with Crippen molar-refractivity contribution in [2.45, 2.75) is 13.5 Å². The van der Waals surface area contributed by atoms with E-state index in [0.717, 1.165) is 10.4 Å². The van der Waals surface area contributed by atoms with Crippen molar-refractivity contribution in [2.75, 3.05) is 7.11 Å². The van der Waals surface area contributed by atoms with Crippen molar-refractivity contribution < 1.29 is 9.53 Å². The third-order valence-corrected chi connectivity index (χ3v) is 3.62. The van der Waals surface area contributed by atoms with Crippen LogP contribution in [0.1, 0.15) is 20.1 Å². The van der Waals surface area contributed by atoms with Gasteiger partial charge in [0.05, 0.1) is 13.7 Å². The van der Waals surface area contributed by atoms with Crippen molar-refractivity contribution in [3.05, 3.63) is 38.8 Å². The van der Waals surface area contributed by atoms with Crippen molar-refractivity contribution in [3.63, 3.8) is 0 Å². The van der Waals surface area contributed by atoms with E-state index in [-0.39, 0.29) is 5.97 Å². The molecule has 2 aromatic heterocycles. The highest BCUT2D eigenvalue weighted by atomic mass is 35.5. The van der Waals surface area contributed by atoms with E-state index in [9.17, 15) is 4.79 Å². The van der Waals surface area contributed by atoms with Gasteiger partial charge in [0.25, 0.3) is 0 Å². The summed E-state index contributed by atoms with van der Waals surface area (Å²) >= 11 is 7.17. The number of hydrogen-bond donors (Lipinski definition) is 0. The van der Waals surface area contributed by atoms with E-state index in [4.69, 9.17) is 11.6 Å². The number of esters is 1. The quantitative estimate of drug-likeness (QED) is 0.806. The molecule has 2 heterocycles. The Morgan fingerprint density at radius 2 is 2.41 bits per heavy atom. The van der Waals surface area contributed by atoms with E-state index in [1.807, 2.05) is 13.0 Å². The first kappa shape index (κ1) is 12.1. The van der Waals surface area contributed by atoms with Gasteiger partial charge in [0.15, 0.2) is 5.15 Å². The highest BCUT2D eigenvalue weighted by Gasteiger charge is 2.13. The third kappa shape index (κ3) is 2.68. The Morgan fingerprint density at radius 3 is 3.00 bits per heavy atom. The number of halogens is 1. The van der Waals surface area contributed by atoms with Crippen LogP contribution in [0.5, 0.6) is 0 Å². The van der Waals surface area contributed by atoms with Crippen LogP contribution in [-0.4, -0.2) is 22.9 Å². The molecule has 4 nitrogen and oxygen atoms in total. The Balaban J connectivity index is 2.21. The molecule has 2 rings (SSSR count). The van der Waals surface area contributed by atoms with Gasteiger partial charge in [-0.1, -0.05) is 11.6 Å². The fourth-order valence-electron chi connectivity index (χ4n) is 1.48. The standard InChI is InChI=1S/C11H11ClN2O2S/c1-7-8(5-9(17-7)11(15)16-2)6-14-4-3-10(12)13-14/h3-5H,6H2,1-2H3. The fraction of sp³-hybridized carbons (Fsp3) is 0.273. The summed E-state index contributed by atoms with van der Waals surface area (Å²) in [6.45, 7) is 2.57. The van der Waals surface area contributed by atoms with E-state index in [0.29, 0.717) is 16.6 Å². The van der Waals surface area contributed by atoms with Gasteiger partial charge in [-0.15, -0.1) is 11.3 Å². The van der Waals surface area contributed by atoms with Crippen LogP contribution in [0.3, 0.4) is 0 Å². The molecule has 0 saturated heterocycles. The summed E-state index contributed by atoms with van der Waals surface area (Å²) in [6.07, 6.45) is 1.80. The van der Waals surface area contributed by atoms with Crippen LogP contribution in [0.4, 0.5) is 0 Å². The lowest BCUT2D eigenvalue weighted by Gasteiger charge is -1.99. The molecule has 6 heteroatoms. The summed E-state index contributed by atoms with van der Waals surface area (Å²) in [7, 11) is 1.38. The van der Waals surface area contributed by atoms with Gasteiger partial charge in [0.1, 0.15) is 4.88 Å². The van der Waals surface area contributed by atoms with Crippen molar-refractivity contribution in [3.8, 4) is 0 Å². The number of thiophene rings is 1. The highest BCUT2D eigenvalue weighted by Crippen LogP contribution is 2.23. The molecule has 0 atom stereocenters. The second-order valence-electron chi connectivity index (χ2n) is 3.52. The van der Waals surface area contributed by atoms with Crippen molar-refractivity contribution >= 4 is 28.9 Å². The number of aromatic nitrogens is 2. The SMILES string of the molecule is COC(=O)c1cc(Cn2ccc(Cl)n2)c(C)s1. The van der Waals surface area contributed by atoms with E-state index >= 15 is 0 Å². The molecule has 0 bridgehead atoms. The first-order chi connectivity index (χ1) is 8.10. The minimum atomic E-state index is -0.303. The number of methoxy groups -OCH3 is 1. The number of ether oxygens (including phenoxy) is 1. The molecular weight excluding hydrogens is 260 g/mol. The number of nitrogens with zero attached hydrogens (tertiary/aromatic N) is 2. The summed E-state index contributed by atoms with van der Waals surface area (Å²) in [6, 6.07) is 3.56. The smallest absolute Gasteiger partial charge is 0.348 e. The molecular formula is C11H11ClN2O2S. The van der Waals surface area contributed by atoms with Crippen molar-refractivity contribution in [1.82, 2.24) is 9.78 Å². The van der Waals surface area contributed by atoms with Crippen LogP contribution in [0, 0.1) is 6.92 Å². The topological polar surface area (TPSA) is 44.1 Å². The van der Waals surface area contributed by atoms with Gasteiger partial charge < -0.3 is 4.74 Å². The summed E-state index contributed by atoms with van der Waals surface area (Å²) in [5.74, 6) is -0.303. The molecule has 2 aromatic rings. The molecule has 0 aliphatic carbocycles. The molecule has 0 amide bonds. The van der Waals surface area contributed by atoms with Gasteiger partial charge in [-0.3, -0.25) is 4.68 Å². The van der Waals surface area contributed by atoms with Crippen molar-refractivity contribution in [1.29, 1.82) is 0 Å². The predicted octanol–water partition coefficient (Wildman–Crippen LogP) is 2.74. The number of carbonyl (C=O) groups excluding carboxylic acids is 1. The summed E-state index contributed by atoms with van der Waals surface area (Å²) in [5.41, 5.74) is 1.05. The Bertz CT molecular complexity index is 547. The third-order valence-electron chi connectivity index (χ3n) is 2.35. The number of carbonyl (C=O) groups is 1. The van der Waals surface area contributed by atoms with Gasteiger partial charge >= 0.3 is 5.97 Å². The molecule has 0 radical (unpaired) electrons. The Kier molecular flexibility index (Phi) is 3.49. The monoisotopic (exact) mass is 270 g/mol. The maximum absolute atomic E-state index is 11.4. The zero-order valence-corrected chi connectivity index (χ0v) is 11.0. The fourth-order valence-corrected chi connectivity index (χ4v) is 2.58. The van der Waals surface area contributed by atoms with Gasteiger partial charge in [-0.2, -0.15) is 5.10 Å². The summed E-state index contributed by atoms with van der Waals surface area (Å²) < 4.78 is 6.42. The van der Waals surface area contributed by atoms with Crippen LogP contribution in [0.2, 0.25) is 5.15 Å². The Hall–Kier alpha value is -1.33. The molecule has 0 aliphatic heterocycles. The first-order valence-corrected chi connectivity index (χ1v) is 6.16. The van der Waals surface area contributed by atoms with Crippen LogP contribution in [0.25, 0.3) is 0 Å². The molecule has 0 aliphatic rings. The molecule has 0 saturated carbocycles. The molecule has 0 aromatic carbocycles. The maximum atomic E-state index is 11.4. The Morgan fingerprint density at radius 1 is 1.65 bits per heavy atom. The Labute approximate surface area is 108 Å². The lowest BCUT2D eigenvalue weighted by atomic mass is 10.2. The van der Waals surface area contributed by atoms with Crippen LogP contribution in [-0.2, 0) is 11.3 Å². The molecule has 0 N–H and O–H groups in total. The zero-order chi connectivity index (χ0) is 12.4. The van der Waals surface area contributed by atoms with Crippen LogP contribution >= 0.6 is 22.9 Å². The van der Waals surface area contributed by atoms with Gasteiger partial charge in [0.2, 0.25) is 0 Å². The highest BCUT2D eigenvalue weighted by molar-refractivity contribution is 7.14. The summed E-state index contributed by atoms with van der Waals surface area (Å²) in [4.78, 5) is 13.1.